The number of guanidine groups is 1. The van der Waals surface area contributed by atoms with Crippen LogP contribution >= 0.6 is 0 Å². The fraction of sp³-hybridized carbons (Fsp3) is 0.947. The number of nitrogens with one attached hydrogen (secondary N) is 2. The lowest BCUT2D eigenvalue weighted by molar-refractivity contribution is 0.0420. The highest BCUT2D eigenvalue weighted by molar-refractivity contribution is 5.79. The summed E-state index contributed by atoms with van der Waals surface area (Å²) in [6.07, 6.45) is 4.98. The van der Waals surface area contributed by atoms with Crippen LogP contribution in [-0.4, -0.2) is 75.5 Å². The summed E-state index contributed by atoms with van der Waals surface area (Å²) in [6, 6.07) is 0.545. The lowest BCUT2D eigenvalue weighted by Crippen LogP contribution is -2.42. The normalized spacial score (nSPS) is 23.4. The second-order valence-corrected chi connectivity index (χ2v) is 7.41. The number of nitrogens with zero attached hydrogens (tertiary/aromatic N) is 2. The number of rotatable bonds is 10. The average molecular weight is 355 g/mol. The predicted molar refractivity (Wildman–Crippen MR) is 103 cm³/mol. The van der Waals surface area contributed by atoms with Crippen molar-refractivity contribution in [1.29, 1.82) is 0 Å². The Bertz CT molecular complexity index is 378. The minimum absolute atomic E-state index is 0.300. The fourth-order valence-corrected chi connectivity index (χ4v) is 3.52. The topological polar surface area (TPSA) is 58.1 Å². The van der Waals surface area contributed by atoms with Gasteiger partial charge in [0.05, 0.1) is 19.3 Å². The lowest BCUT2D eigenvalue weighted by atomic mass is 10.0. The molecular weight excluding hydrogens is 316 g/mol. The Kier molecular flexibility index (Phi) is 9.58. The first-order valence-electron chi connectivity index (χ1n) is 10.2. The summed E-state index contributed by atoms with van der Waals surface area (Å²) >= 11 is 0. The number of hydrogen-bond acceptors (Lipinski definition) is 4. The van der Waals surface area contributed by atoms with Gasteiger partial charge in [-0.2, -0.15) is 0 Å². The molecule has 2 saturated heterocycles. The third kappa shape index (κ3) is 7.50. The lowest BCUT2D eigenvalue weighted by Gasteiger charge is -2.29. The van der Waals surface area contributed by atoms with Crippen molar-refractivity contribution in [2.45, 2.75) is 58.6 Å². The van der Waals surface area contributed by atoms with Crippen molar-refractivity contribution in [3.05, 3.63) is 0 Å². The Morgan fingerprint density at radius 3 is 2.72 bits per heavy atom. The number of aliphatic imine (C=N–C) groups is 1. The van der Waals surface area contributed by atoms with Crippen LogP contribution in [0.1, 0.15) is 46.5 Å². The second-order valence-electron chi connectivity index (χ2n) is 7.41. The molecule has 2 heterocycles. The van der Waals surface area contributed by atoms with E-state index in [0.717, 1.165) is 58.3 Å². The van der Waals surface area contributed by atoms with Crippen LogP contribution in [0.2, 0.25) is 0 Å². The van der Waals surface area contributed by atoms with Gasteiger partial charge in [-0.1, -0.05) is 13.8 Å². The zero-order valence-electron chi connectivity index (χ0n) is 16.4. The van der Waals surface area contributed by atoms with Crippen molar-refractivity contribution >= 4 is 5.96 Å². The maximum absolute atomic E-state index is 5.81. The van der Waals surface area contributed by atoms with Crippen LogP contribution in [0.5, 0.6) is 0 Å². The maximum atomic E-state index is 5.81. The van der Waals surface area contributed by atoms with Crippen LogP contribution in [-0.2, 0) is 9.47 Å². The Morgan fingerprint density at radius 2 is 2.08 bits per heavy atom. The first-order chi connectivity index (χ1) is 12.2. The Labute approximate surface area is 153 Å². The van der Waals surface area contributed by atoms with Gasteiger partial charge in [-0.25, -0.2) is 0 Å². The summed E-state index contributed by atoms with van der Waals surface area (Å²) in [4.78, 5) is 7.45. The molecule has 0 aromatic heterocycles. The van der Waals surface area contributed by atoms with E-state index in [-0.39, 0.29) is 0 Å². The average Bonchev–Trinajstić information content (AvgIpc) is 3.28. The molecule has 6 nitrogen and oxygen atoms in total. The predicted octanol–water partition coefficient (Wildman–Crippen LogP) is 1.86. The van der Waals surface area contributed by atoms with Gasteiger partial charge in [-0.15, -0.1) is 0 Å². The Balaban J connectivity index is 1.70. The van der Waals surface area contributed by atoms with Crippen LogP contribution in [0, 0.1) is 5.92 Å². The van der Waals surface area contributed by atoms with E-state index in [4.69, 9.17) is 14.5 Å². The van der Waals surface area contributed by atoms with Gasteiger partial charge in [0.2, 0.25) is 0 Å². The van der Waals surface area contributed by atoms with Crippen molar-refractivity contribution in [2.75, 3.05) is 52.5 Å². The van der Waals surface area contributed by atoms with Crippen molar-refractivity contribution in [2.24, 2.45) is 10.9 Å². The van der Waals surface area contributed by atoms with Crippen LogP contribution in [0.4, 0.5) is 0 Å². The third-order valence-electron chi connectivity index (χ3n) is 5.01. The largest absolute Gasteiger partial charge is 0.379 e. The van der Waals surface area contributed by atoms with E-state index in [1.807, 2.05) is 0 Å². The molecule has 2 fully saturated rings. The zero-order chi connectivity index (χ0) is 17.9. The summed E-state index contributed by atoms with van der Waals surface area (Å²) in [5.74, 6) is 1.56. The van der Waals surface area contributed by atoms with Gasteiger partial charge in [0.25, 0.3) is 0 Å². The van der Waals surface area contributed by atoms with E-state index >= 15 is 0 Å². The molecule has 2 aliphatic heterocycles. The van der Waals surface area contributed by atoms with Crippen LogP contribution in [0.3, 0.4) is 0 Å². The molecule has 0 bridgehead atoms. The van der Waals surface area contributed by atoms with Gasteiger partial charge in [0.1, 0.15) is 0 Å². The molecule has 0 aliphatic carbocycles. The Hall–Kier alpha value is -0.850. The number of hydrogen-bond donors (Lipinski definition) is 2. The molecule has 2 rings (SSSR count). The van der Waals surface area contributed by atoms with Crippen LogP contribution < -0.4 is 10.6 Å². The molecule has 0 spiro atoms. The van der Waals surface area contributed by atoms with Gasteiger partial charge >= 0.3 is 0 Å². The van der Waals surface area contributed by atoms with Gasteiger partial charge in [0, 0.05) is 32.3 Å². The minimum atomic E-state index is 0.300. The van der Waals surface area contributed by atoms with E-state index in [9.17, 15) is 0 Å². The molecule has 0 amide bonds. The quantitative estimate of drug-likeness (QED) is 0.356. The number of ether oxygens (including phenoxy) is 2. The molecule has 2 atom stereocenters. The molecule has 6 heteroatoms. The first-order valence-corrected chi connectivity index (χ1v) is 10.2. The second kappa shape index (κ2) is 11.7. The molecular formula is C19H38N4O2. The summed E-state index contributed by atoms with van der Waals surface area (Å²) in [5, 5.41) is 6.80. The van der Waals surface area contributed by atoms with E-state index in [0.29, 0.717) is 18.1 Å². The molecule has 0 aromatic carbocycles. The van der Waals surface area contributed by atoms with Gasteiger partial charge in [-0.05, 0) is 51.6 Å². The molecule has 0 saturated carbocycles. The van der Waals surface area contributed by atoms with Crippen molar-refractivity contribution in [3.63, 3.8) is 0 Å². The number of likely N-dealkylation sites (tertiary alicyclic amines) is 1. The van der Waals surface area contributed by atoms with Gasteiger partial charge in [0.15, 0.2) is 5.96 Å². The maximum Gasteiger partial charge on any atom is 0.191 e. The summed E-state index contributed by atoms with van der Waals surface area (Å²) in [7, 11) is 0. The third-order valence-corrected chi connectivity index (χ3v) is 5.01. The van der Waals surface area contributed by atoms with E-state index in [1.54, 1.807) is 0 Å². The minimum Gasteiger partial charge on any atom is -0.379 e. The fourth-order valence-electron chi connectivity index (χ4n) is 3.52. The molecule has 2 N–H and O–H groups in total. The van der Waals surface area contributed by atoms with E-state index < -0.39 is 0 Å². The van der Waals surface area contributed by atoms with Crippen molar-refractivity contribution in [1.82, 2.24) is 15.5 Å². The van der Waals surface area contributed by atoms with Gasteiger partial charge in [-0.3, -0.25) is 9.89 Å². The van der Waals surface area contributed by atoms with E-state index in [1.165, 1.54) is 25.9 Å². The molecule has 2 aliphatic rings. The molecule has 2 unspecified atom stereocenters. The van der Waals surface area contributed by atoms with E-state index in [2.05, 4.69) is 36.3 Å². The first kappa shape index (κ1) is 20.5. The molecule has 0 radical (unpaired) electrons. The smallest absolute Gasteiger partial charge is 0.191 e. The molecule has 25 heavy (non-hydrogen) atoms. The van der Waals surface area contributed by atoms with Gasteiger partial charge < -0.3 is 20.1 Å². The summed E-state index contributed by atoms with van der Waals surface area (Å²) in [6.45, 7) is 14.2. The van der Waals surface area contributed by atoms with Crippen LogP contribution in [0.25, 0.3) is 0 Å². The van der Waals surface area contributed by atoms with Crippen molar-refractivity contribution in [3.8, 4) is 0 Å². The summed E-state index contributed by atoms with van der Waals surface area (Å²) in [5.41, 5.74) is 0. The monoisotopic (exact) mass is 354 g/mol. The highest BCUT2D eigenvalue weighted by Crippen LogP contribution is 2.17. The molecule has 0 aromatic rings. The summed E-state index contributed by atoms with van der Waals surface area (Å²) < 4.78 is 11.1. The highest BCUT2D eigenvalue weighted by atomic mass is 16.5. The standard InChI is InChI=1S/C19H38N4O2/c1-4-20-19(21-9-7-12-25-17-8-13-24-15-17)22-14-18(16(2)3)23-10-5-6-11-23/h16-18H,4-15H2,1-3H3,(H2,20,21,22). The Morgan fingerprint density at radius 1 is 1.28 bits per heavy atom. The zero-order valence-corrected chi connectivity index (χ0v) is 16.4. The van der Waals surface area contributed by atoms with Crippen molar-refractivity contribution < 1.29 is 9.47 Å². The highest BCUT2D eigenvalue weighted by Gasteiger charge is 2.24. The van der Waals surface area contributed by atoms with Crippen LogP contribution in [0.15, 0.2) is 4.99 Å². The SMILES string of the molecule is CCNC(=NCC(C(C)C)N1CCCC1)NCCCOC1CCOC1. The molecule has 146 valence electrons.